The van der Waals surface area contributed by atoms with Gasteiger partial charge in [-0.3, -0.25) is 0 Å². The predicted octanol–water partition coefficient (Wildman–Crippen LogP) is -0.279. The number of carbonyl (C=O) groups is 1. The quantitative estimate of drug-likeness (QED) is 0.474. The summed E-state index contributed by atoms with van der Waals surface area (Å²) in [6, 6.07) is 0. The number of carbonyl (C=O) groups excluding carboxylic acids is 1. The second-order valence-electron chi connectivity index (χ2n) is 0.752. The van der Waals surface area contributed by atoms with Crippen LogP contribution >= 0.6 is 0 Å². The summed E-state index contributed by atoms with van der Waals surface area (Å²) in [6.07, 6.45) is -0.711. The van der Waals surface area contributed by atoms with E-state index in [2.05, 4.69) is 10.5 Å². The first-order valence-corrected chi connectivity index (χ1v) is 1.69. The van der Waals surface area contributed by atoms with E-state index in [1.54, 1.807) is 6.92 Å². The zero-order valence-corrected chi connectivity index (χ0v) is 6.60. The van der Waals surface area contributed by atoms with Crippen LogP contribution in [0.3, 0.4) is 0 Å². The Labute approximate surface area is 64.5 Å². The maximum atomic E-state index is 9.60. The molecule has 0 saturated heterocycles. The minimum Gasteiger partial charge on any atom is -0.450 e. The van der Waals surface area contributed by atoms with Crippen LogP contribution in [0.4, 0.5) is 4.79 Å². The van der Waals surface area contributed by atoms with Crippen LogP contribution in [-0.2, 0) is 4.74 Å². The molecule has 0 saturated carbocycles. The van der Waals surface area contributed by atoms with E-state index in [1.165, 1.54) is 0 Å². The van der Waals surface area contributed by atoms with Crippen molar-refractivity contribution in [2.45, 2.75) is 6.92 Å². The fourth-order valence-electron chi connectivity index (χ4n) is 0.142. The summed E-state index contributed by atoms with van der Waals surface area (Å²) in [5.74, 6) is 0. The van der Waals surface area contributed by atoms with Crippen LogP contribution in [0.5, 0.6) is 0 Å². The van der Waals surface area contributed by atoms with Crippen LogP contribution in [0.25, 0.3) is 0 Å². The van der Waals surface area contributed by atoms with Crippen molar-refractivity contribution >= 4 is 35.7 Å². The van der Waals surface area contributed by atoms with E-state index in [-0.39, 0.29) is 29.6 Å². The van der Waals surface area contributed by atoms with Gasteiger partial charge < -0.3 is 10.5 Å². The maximum Gasteiger partial charge on any atom is 0.404 e. The second-order valence-corrected chi connectivity index (χ2v) is 0.752. The molecular weight excluding hydrogens is 105 g/mol. The maximum absolute atomic E-state index is 9.60. The van der Waals surface area contributed by atoms with Crippen molar-refractivity contribution in [1.29, 1.82) is 0 Å². The molecule has 0 spiro atoms. The summed E-state index contributed by atoms with van der Waals surface area (Å²) >= 11 is 0. The molecule has 0 fully saturated rings. The second kappa shape index (κ2) is 6.27. The molecule has 0 atom stereocenters. The minimum atomic E-state index is -0.711. The minimum absolute atomic E-state index is 0. The molecule has 0 rings (SSSR count). The Bertz CT molecular complexity index is 56.9. The summed E-state index contributed by atoms with van der Waals surface area (Å²) in [5.41, 5.74) is 4.54. The molecule has 0 aliphatic heterocycles. The Hall–Kier alpha value is 0.270. The Morgan fingerprint density at radius 3 is 2.29 bits per heavy atom. The number of rotatable bonds is 1. The predicted molar refractivity (Wildman–Crippen MR) is 27.0 cm³/mol. The van der Waals surface area contributed by atoms with Crippen LogP contribution in [0.2, 0.25) is 0 Å². The third-order valence-corrected chi connectivity index (χ3v) is 0.287. The summed E-state index contributed by atoms with van der Waals surface area (Å²) in [7, 11) is 0. The van der Waals surface area contributed by atoms with Gasteiger partial charge in [0.05, 0.1) is 6.61 Å². The number of amides is 1. The van der Waals surface area contributed by atoms with E-state index in [0.29, 0.717) is 6.61 Å². The van der Waals surface area contributed by atoms with E-state index in [1.807, 2.05) is 0 Å². The molecular formula is C3H7NNaO2. The molecule has 0 bridgehead atoms. The van der Waals surface area contributed by atoms with Crippen LogP contribution in [0.15, 0.2) is 0 Å². The van der Waals surface area contributed by atoms with Gasteiger partial charge >= 0.3 is 6.09 Å². The standard InChI is InChI=1S/C3H7NO2.Na/c1-2-6-3(4)5;/h2H2,1H3,(H2,4,5);. The van der Waals surface area contributed by atoms with E-state index in [0.717, 1.165) is 0 Å². The number of nitrogens with two attached hydrogens (primary N) is 1. The Kier molecular flexibility index (Phi) is 9.22. The monoisotopic (exact) mass is 112 g/mol. The van der Waals surface area contributed by atoms with E-state index in [4.69, 9.17) is 0 Å². The SMILES string of the molecule is CCOC(N)=O.[Na]. The Morgan fingerprint density at radius 1 is 1.86 bits per heavy atom. The molecule has 37 valence electrons. The fourth-order valence-corrected chi connectivity index (χ4v) is 0.142. The third kappa shape index (κ3) is 10.7. The van der Waals surface area contributed by atoms with Gasteiger partial charge in [-0.05, 0) is 6.92 Å². The van der Waals surface area contributed by atoms with Gasteiger partial charge in [0.25, 0.3) is 0 Å². The van der Waals surface area contributed by atoms with Crippen molar-refractivity contribution in [3.63, 3.8) is 0 Å². The van der Waals surface area contributed by atoms with Crippen LogP contribution in [0, 0.1) is 0 Å². The first-order valence-electron chi connectivity index (χ1n) is 1.69. The van der Waals surface area contributed by atoms with Crippen molar-refractivity contribution in [2.75, 3.05) is 6.61 Å². The smallest absolute Gasteiger partial charge is 0.404 e. The van der Waals surface area contributed by atoms with Gasteiger partial charge in [0.15, 0.2) is 0 Å². The van der Waals surface area contributed by atoms with Gasteiger partial charge in [0.1, 0.15) is 0 Å². The number of hydrogen-bond acceptors (Lipinski definition) is 2. The van der Waals surface area contributed by atoms with Crippen LogP contribution < -0.4 is 5.73 Å². The van der Waals surface area contributed by atoms with Gasteiger partial charge in [-0.25, -0.2) is 4.79 Å². The molecule has 4 heteroatoms. The van der Waals surface area contributed by atoms with Crippen LogP contribution in [-0.4, -0.2) is 42.3 Å². The van der Waals surface area contributed by atoms with Crippen molar-refractivity contribution < 1.29 is 9.53 Å². The van der Waals surface area contributed by atoms with Crippen molar-refractivity contribution in [1.82, 2.24) is 0 Å². The summed E-state index contributed by atoms with van der Waals surface area (Å²) in [4.78, 5) is 9.60. The molecule has 0 unspecified atom stereocenters. The molecule has 3 nitrogen and oxygen atoms in total. The summed E-state index contributed by atoms with van der Waals surface area (Å²) in [6.45, 7) is 2.06. The summed E-state index contributed by atoms with van der Waals surface area (Å²) in [5, 5.41) is 0. The fraction of sp³-hybridized carbons (Fsp3) is 0.667. The van der Waals surface area contributed by atoms with Crippen molar-refractivity contribution in [2.24, 2.45) is 5.73 Å². The van der Waals surface area contributed by atoms with E-state index >= 15 is 0 Å². The molecule has 0 aliphatic rings. The molecule has 1 radical (unpaired) electrons. The normalized spacial score (nSPS) is 6.43. The summed E-state index contributed by atoms with van der Waals surface area (Å²) < 4.78 is 4.18. The largest absolute Gasteiger partial charge is 0.450 e. The molecule has 1 amide bonds. The Balaban J connectivity index is 0. The molecule has 0 aliphatic carbocycles. The molecule has 2 N–H and O–H groups in total. The number of hydrogen-bond donors (Lipinski definition) is 1. The van der Waals surface area contributed by atoms with Gasteiger partial charge in [-0.1, -0.05) is 0 Å². The average molecular weight is 112 g/mol. The zero-order chi connectivity index (χ0) is 4.99. The first-order chi connectivity index (χ1) is 2.77. The topological polar surface area (TPSA) is 52.3 Å². The Morgan fingerprint density at radius 2 is 2.29 bits per heavy atom. The van der Waals surface area contributed by atoms with Gasteiger partial charge in [-0.2, -0.15) is 0 Å². The van der Waals surface area contributed by atoms with Crippen LogP contribution in [0.1, 0.15) is 6.92 Å². The molecule has 0 aromatic rings. The number of ether oxygens (including phenoxy) is 1. The third-order valence-electron chi connectivity index (χ3n) is 0.287. The first kappa shape index (κ1) is 10.3. The molecule has 0 aromatic carbocycles. The zero-order valence-electron chi connectivity index (χ0n) is 4.60. The van der Waals surface area contributed by atoms with E-state index in [9.17, 15) is 4.79 Å². The molecule has 7 heavy (non-hydrogen) atoms. The van der Waals surface area contributed by atoms with Crippen molar-refractivity contribution in [3.05, 3.63) is 0 Å². The van der Waals surface area contributed by atoms with Crippen molar-refractivity contribution in [3.8, 4) is 0 Å². The van der Waals surface area contributed by atoms with Gasteiger partial charge in [0, 0.05) is 29.6 Å². The van der Waals surface area contributed by atoms with Gasteiger partial charge in [0.2, 0.25) is 0 Å². The molecule has 0 aromatic heterocycles. The molecule has 0 heterocycles. The van der Waals surface area contributed by atoms with E-state index < -0.39 is 6.09 Å². The average Bonchev–Trinajstić information content (AvgIpc) is 1.35. The number of primary amides is 1. The van der Waals surface area contributed by atoms with Gasteiger partial charge in [-0.15, -0.1) is 0 Å².